The first kappa shape index (κ1) is 11.5. The van der Waals surface area contributed by atoms with Gasteiger partial charge in [-0.25, -0.2) is 0 Å². The van der Waals surface area contributed by atoms with Gasteiger partial charge in [0.2, 0.25) is 11.7 Å². The van der Waals surface area contributed by atoms with Crippen molar-refractivity contribution in [3.63, 3.8) is 0 Å². The van der Waals surface area contributed by atoms with Gasteiger partial charge in [0.1, 0.15) is 0 Å². The lowest BCUT2D eigenvalue weighted by Gasteiger charge is -2.26. The minimum absolute atomic E-state index is 0.162. The minimum Gasteiger partial charge on any atom is -0.461 e. The van der Waals surface area contributed by atoms with Crippen molar-refractivity contribution in [2.45, 2.75) is 32.7 Å². The first-order valence-electron chi connectivity index (χ1n) is 6.37. The van der Waals surface area contributed by atoms with Gasteiger partial charge in [0.15, 0.2) is 5.76 Å². The van der Waals surface area contributed by atoms with Crippen LogP contribution in [0.4, 0.5) is 0 Å². The maximum Gasteiger partial charge on any atom is 0.244 e. The number of nitrogens with zero attached hydrogens (tertiary/aromatic N) is 2. The standard InChI is InChI=1S/C13H17N3O2/c1-8-4-3-6-14-10(8)13-15-12(16-18-13)11-9(2)5-7-17-11/h5,7-8,10,14H,3-4,6H2,1-2H3. The van der Waals surface area contributed by atoms with Crippen LogP contribution in [0.2, 0.25) is 0 Å². The van der Waals surface area contributed by atoms with Gasteiger partial charge in [-0.05, 0) is 43.9 Å². The van der Waals surface area contributed by atoms with Crippen molar-refractivity contribution in [1.29, 1.82) is 0 Å². The van der Waals surface area contributed by atoms with Gasteiger partial charge in [-0.3, -0.25) is 0 Å². The average molecular weight is 247 g/mol. The highest BCUT2D eigenvalue weighted by Crippen LogP contribution is 2.29. The Morgan fingerprint density at radius 3 is 3.06 bits per heavy atom. The lowest BCUT2D eigenvalue weighted by atomic mass is 9.93. The quantitative estimate of drug-likeness (QED) is 0.883. The second-order valence-corrected chi connectivity index (χ2v) is 4.94. The summed E-state index contributed by atoms with van der Waals surface area (Å²) in [6.45, 7) is 5.18. The zero-order valence-electron chi connectivity index (χ0n) is 10.6. The molecule has 0 spiro atoms. The molecule has 3 heterocycles. The first-order valence-corrected chi connectivity index (χ1v) is 6.37. The van der Waals surface area contributed by atoms with Gasteiger partial charge >= 0.3 is 0 Å². The third kappa shape index (κ3) is 1.95. The molecule has 1 N–H and O–H groups in total. The average Bonchev–Trinajstić information content (AvgIpc) is 2.98. The normalized spacial score (nSPS) is 24.3. The Kier molecular flexibility index (Phi) is 2.91. The molecule has 0 aromatic carbocycles. The van der Waals surface area contributed by atoms with E-state index in [1.165, 1.54) is 12.8 Å². The maximum atomic E-state index is 5.37. The Hall–Kier alpha value is -1.62. The Balaban J connectivity index is 1.87. The van der Waals surface area contributed by atoms with Gasteiger partial charge in [-0.1, -0.05) is 12.1 Å². The molecule has 0 saturated carbocycles. The number of furan rings is 1. The molecule has 96 valence electrons. The molecule has 1 fully saturated rings. The fourth-order valence-corrected chi connectivity index (χ4v) is 2.44. The van der Waals surface area contributed by atoms with Gasteiger partial charge in [-0.2, -0.15) is 4.98 Å². The van der Waals surface area contributed by atoms with Crippen LogP contribution in [0.25, 0.3) is 11.6 Å². The molecule has 1 aliphatic heterocycles. The van der Waals surface area contributed by atoms with Gasteiger partial charge in [0, 0.05) is 0 Å². The van der Waals surface area contributed by atoms with E-state index in [-0.39, 0.29) is 6.04 Å². The zero-order valence-corrected chi connectivity index (χ0v) is 10.6. The summed E-state index contributed by atoms with van der Waals surface area (Å²) < 4.78 is 10.7. The summed E-state index contributed by atoms with van der Waals surface area (Å²) in [6.07, 6.45) is 4.04. The second kappa shape index (κ2) is 4.57. The molecule has 5 nitrogen and oxygen atoms in total. The molecule has 2 aromatic heterocycles. The third-order valence-corrected chi connectivity index (χ3v) is 3.54. The molecule has 0 aliphatic carbocycles. The van der Waals surface area contributed by atoms with Crippen LogP contribution >= 0.6 is 0 Å². The van der Waals surface area contributed by atoms with Gasteiger partial charge < -0.3 is 14.3 Å². The van der Waals surface area contributed by atoms with E-state index in [4.69, 9.17) is 8.94 Å². The van der Waals surface area contributed by atoms with Crippen molar-refractivity contribution in [3.05, 3.63) is 23.8 Å². The lowest BCUT2D eigenvalue weighted by Crippen LogP contribution is -2.33. The highest BCUT2D eigenvalue weighted by atomic mass is 16.5. The monoisotopic (exact) mass is 247 g/mol. The summed E-state index contributed by atoms with van der Waals surface area (Å²) >= 11 is 0. The van der Waals surface area contributed by atoms with E-state index >= 15 is 0 Å². The van der Waals surface area contributed by atoms with E-state index < -0.39 is 0 Å². The summed E-state index contributed by atoms with van der Waals surface area (Å²) in [6, 6.07) is 2.06. The van der Waals surface area contributed by atoms with Crippen molar-refractivity contribution in [2.75, 3.05) is 6.54 Å². The summed E-state index contributed by atoms with van der Waals surface area (Å²) in [7, 11) is 0. The molecule has 5 heteroatoms. The van der Waals surface area contributed by atoms with Crippen LogP contribution in [0.1, 0.15) is 37.3 Å². The fraction of sp³-hybridized carbons (Fsp3) is 0.538. The molecule has 3 rings (SSSR count). The molecular weight excluding hydrogens is 230 g/mol. The van der Waals surface area contributed by atoms with Crippen LogP contribution in [0.5, 0.6) is 0 Å². The van der Waals surface area contributed by atoms with E-state index in [9.17, 15) is 0 Å². The molecule has 2 atom stereocenters. The molecule has 2 unspecified atom stereocenters. The van der Waals surface area contributed by atoms with Crippen LogP contribution < -0.4 is 5.32 Å². The van der Waals surface area contributed by atoms with Crippen LogP contribution in [0.3, 0.4) is 0 Å². The molecule has 1 aliphatic rings. The first-order chi connectivity index (χ1) is 8.75. The van der Waals surface area contributed by atoms with E-state index in [0.717, 1.165) is 12.1 Å². The van der Waals surface area contributed by atoms with Crippen molar-refractivity contribution < 1.29 is 8.94 Å². The number of piperidine rings is 1. The fourth-order valence-electron chi connectivity index (χ4n) is 2.44. The molecule has 1 saturated heterocycles. The molecular formula is C13H17N3O2. The summed E-state index contributed by atoms with van der Waals surface area (Å²) in [4.78, 5) is 4.45. The Morgan fingerprint density at radius 1 is 1.44 bits per heavy atom. The summed E-state index contributed by atoms with van der Waals surface area (Å²) in [5.74, 6) is 2.40. The topological polar surface area (TPSA) is 64.1 Å². The van der Waals surface area contributed by atoms with Gasteiger partial charge in [0.25, 0.3) is 0 Å². The molecule has 0 bridgehead atoms. The number of aryl methyl sites for hydroxylation is 1. The number of aromatic nitrogens is 2. The van der Waals surface area contributed by atoms with E-state index in [1.54, 1.807) is 6.26 Å². The van der Waals surface area contributed by atoms with Crippen molar-refractivity contribution in [3.8, 4) is 11.6 Å². The number of hydrogen-bond donors (Lipinski definition) is 1. The Labute approximate surface area is 106 Å². The summed E-state index contributed by atoms with van der Waals surface area (Å²) in [5.41, 5.74) is 1.02. The zero-order chi connectivity index (χ0) is 12.5. The Bertz CT molecular complexity index is 532. The van der Waals surface area contributed by atoms with Crippen LogP contribution in [-0.4, -0.2) is 16.7 Å². The third-order valence-electron chi connectivity index (χ3n) is 3.54. The highest BCUT2D eigenvalue weighted by Gasteiger charge is 2.28. The molecule has 0 amide bonds. The predicted octanol–water partition coefficient (Wildman–Crippen LogP) is 2.70. The van der Waals surface area contributed by atoms with Gasteiger partial charge in [0.05, 0.1) is 12.3 Å². The second-order valence-electron chi connectivity index (χ2n) is 4.94. The van der Waals surface area contributed by atoms with E-state index in [0.29, 0.717) is 23.4 Å². The SMILES string of the molecule is Cc1ccoc1-c1noc(C2NCCCC2C)n1. The maximum absolute atomic E-state index is 5.37. The Morgan fingerprint density at radius 2 is 2.33 bits per heavy atom. The highest BCUT2D eigenvalue weighted by molar-refractivity contribution is 5.51. The summed E-state index contributed by atoms with van der Waals surface area (Å²) in [5, 5.41) is 7.44. The lowest BCUT2D eigenvalue weighted by molar-refractivity contribution is 0.239. The molecule has 2 aromatic rings. The number of hydrogen-bond acceptors (Lipinski definition) is 5. The van der Waals surface area contributed by atoms with Crippen molar-refractivity contribution >= 4 is 0 Å². The van der Waals surface area contributed by atoms with Gasteiger partial charge in [-0.15, -0.1) is 0 Å². The van der Waals surface area contributed by atoms with Crippen LogP contribution in [0.15, 0.2) is 21.3 Å². The van der Waals surface area contributed by atoms with Crippen LogP contribution in [-0.2, 0) is 0 Å². The number of nitrogens with one attached hydrogen (secondary N) is 1. The predicted molar refractivity (Wildman–Crippen MR) is 65.9 cm³/mol. The molecule has 18 heavy (non-hydrogen) atoms. The largest absolute Gasteiger partial charge is 0.461 e. The smallest absolute Gasteiger partial charge is 0.244 e. The van der Waals surface area contributed by atoms with E-state index in [1.807, 2.05) is 13.0 Å². The van der Waals surface area contributed by atoms with Crippen molar-refractivity contribution in [2.24, 2.45) is 5.92 Å². The minimum atomic E-state index is 0.162. The molecule has 0 radical (unpaired) electrons. The van der Waals surface area contributed by atoms with Crippen LogP contribution in [0, 0.1) is 12.8 Å². The van der Waals surface area contributed by atoms with E-state index in [2.05, 4.69) is 22.4 Å². The van der Waals surface area contributed by atoms with Crippen molar-refractivity contribution in [1.82, 2.24) is 15.5 Å². The number of rotatable bonds is 2.